The van der Waals surface area contributed by atoms with E-state index in [1.54, 1.807) is 18.4 Å². The van der Waals surface area contributed by atoms with Crippen LogP contribution in [-0.2, 0) is 4.74 Å². The van der Waals surface area contributed by atoms with E-state index in [4.69, 9.17) is 4.74 Å². The van der Waals surface area contributed by atoms with E-state index in [0.29, 0.717) is 18.1 Å². The highest BCUT2D eigenvalue weighted by Gasteiger charge is 2.08. The zero-order valence-corrected chi connectivity index (χ0v) is 10.3. The molecule has 3 nitrogen and oxygen atoms in total. The van der Waals surface area contributed by atoms with E-state index in [9.17, 15) is 0 Å². The normalized spacial score (nSPS) is 18.7. The van der Waals surface area contributed by atoms with Gasteiger partial charge in [0, 0.05) is 18.7 Å². The largest absolute Gasteiger partial charge is 0.437 e. The van der Waals surface area contributed by atoms with Crippen molar-refractivity contribution in [1.82, 2.24) is 0 Å². The molecule has 0 saturated carbocycles. The number of para-hydroxylation sites is 1. The minimum atomic E-state index is 0.352. The molecule has 3 rings (SSSR count). The second-order valence-electron chi connectivity index (χ2n) is 4.14. The summed E-state index contributed by atoms with van der Waals surface area (Å²) in [7, 11) is 0. The molecule has 2 heterocycles. The molecule has 0 spiro atoms. The van der Waals surface area contributed by atoms with Crippen LogP contribution in [0, 0.1) is 0 Å². The van der Waals surface area contributed by atoms with Crippen molar-refractivity contribution < 1.29 is 4.74 Å². The van der Waals surface area contributed by atoms with Gasteiger partial charge in [-0.2, -0.15) is 0 Å². The first kappa shape index (κ1) is 11.5. The van der Waals surface area contributed by atoms with Gasteiger partial charge in [0.1, 0.15) is 0 Å². The molecular formula is C16H12N2O. The first-order valence-corrected chi connectivity index (χ1v) is 6.02. The van der Waals surface area contributed by atoms with E-state index in [-0.39, 0.29) is 0 Å². The summed E-state index contributed by atoms with van der Waals surface area (Å²) in [5.74, 6) is 0.994. The molecule has 0 radical (unpaired) electrons. The van der Waals surface area contributed by atoms with Crippen molar-refractivity contribution in [3.05, 3.63) is 76.6 Å². The van der Waals surface area contributed by atoms with Gasteiger partial charge in [-0.1, -0.05) is 24.3 Å². The standard InChI is InChI=1S/C16H12N2O/c1-12-18-14-7-3-2-6-13(14)9-10-15-16(19-12)8-4-5-11-17-15/h2-3,5-9,11H,1,10H2/b13-9-,18-14?. The number of hydrogen-bond acceptors (Lipinski definition) is 3. The Morgan fingerprint density at radius 2 is 2.16 bits per heavy atom. The molecule has 0 N–H and O–H groups in total. The predicted octanol–water partition coefficient (Wildman–Crippen LogP) is 1.99. The second kappa shape index (κ2) is 4.92. The lowest BCUT2D eigenvalue weighted by Crippen LogP contribution is -2.24. The molecule has 3 heteroatoms. The number of fused-ring (bicyclic) bond motifs is 1. The number of nitrogens with zero attached hydrogens (tertiary/aromatic N) is 2. The summed E-state index contributed by atoms with van der Waals surface area (Å²) in [6.07, 6.45) is 7.98. The maximum atomic E-state index is 5.66. The van der Waals surface area contributed by atoms with Crippen LogP contribution >= 0.6 is 0 Å². The third-order valence-corrected chi connectivity index (χ3v) is 2.82. The molecular weight excluding hydrogens is 236 g/mol. The molecule has 2 aliphatic rings. The van der Waals surface area contributed by atoms with Crippen LogP contribution in [0.4, 0.5) is 0 Å². The quantitative estimate of drug-likeness (QED) is 0.646. The molecule has 0 atom stereocenters. The fraction of sp³-hybridized carbons (Fsp3) is 0.0625. The van der Waals surface area contributed by atoms with Crippen LogP contribution in [0.3, 0.4) is 0 Å². The third-order valence-electron chi connectivity index (χ3n) is 2.82. The molecule has 1 aromatic rings. The van der Waals surface area contributed by atoms with Gasteiger partial charge in [0.05, 0.1) is 11.1 Å². The Bertz CT molecular complexity index is 775. The molecule has 2 aliphatic heterocycles. The highest BCUT2D eigenvalue weighted by atomic mass is 16.5. The summed E-state index contributed by atoms with van der Waals surface area (Å²) >= 11 is 0. The number of ether oxygens (including phenoxy) is 1. The Balaban J connectivity index is 2.18. The van der Waals surface area contributed by atoms with Gasteiger partial charge < -0.3 is 4.74 Å². The summed E-state index contributed by atoms with van der Waals surface area (Å²) in [6.45, 7) is 3.83. The van der Waals surface area contributed by atoms with Crippen molar-refractivity contribution >= 4 is 12.3 Å². The van der Waals surface area contributed by atoms with Gasteiger partial charge in [-0.05, 0) is 23.9 Å². The lowest BCUT2D eigenvalue weighted by Gasteiger charge is -2.06. The van der Waals surface area contributed by atoms with Gasteiger partial charge in [-0.25, -0.2) is 4.99 Å². The Labute approximate surface area is 111 Å². The highest BCUT2D eigenvalue weighted by Crippen LogP contribution is 2.18. The van der Waals surface area contributed by atoms with E-state index in [0.717, 1.165) is 16.3 Å². The van der Waals surface area contributed by atoms with Gasteiger partial charge in [0.15, 0.2) is 5.76 Å². The maximum absolute atomic E-state index is 5.66. The number of hydrogen-bond donors (Lipinski definition) is 0. The summed E-state index contributed by atoms with van der Waals surface area (Å²) in [5, 5.41) is 1.91. The van der Waals surface area contributed by atoms with Crippen LogP contribution in [-0.4, -0.2) is 6.21 Å². The topological polar surface area (TPSA) is 34.0 Å². The molecule has 0 aliphatic carbocycles. The van der Waals surface area contributed by atoms with E-state index in [1.165, 1.54) is 0 Å². The van der Waals surface area contributed by atoms with Gasteiger partial charge >= 0.3 is 0 Å². The van der Waals surface area contributed by atoms with E-state index >= 15 is 0 Å². The third kappa shape index (κ3) is 2.46. The Morgan fingerprint density at radius 3 is 3.11 bits per heavy atom. The van der Waals surface area contributed by atoms with Crippen molar-refractivity contribution in [3.63, 3.8) is 0 Å². The monoisotopic (exact) mass is 248 g/mol. The zero-order valence-electron chi connectivity index (χ0n) is 10.3. The zero-order chi connectivity index (χ0) is 13.1. The van der Waals surface area contributed by atoms with Crippen LogP contribution < -0.4 is 10.6 Å². The molecule has 92 valence electrons. The van der Waals surface area contributed by atoms with Gasteiger partial charge in [-0.15, -0.1) is 5.73 Å². The maximum Gasteiger partial charge on any atom is 0.212 e. The molecule has 0 bridgehead atoms. The van der Waals surface area contributed by atoms with Crippen molar-refractivity contribution in [1.29, 1.82) is 0 Å². The van der Waals surface area contributed by atoms with Crippen LogP contribution in [0.5, 0.6) is 0 Å². The first-order valence-electron chi connectivity index (χ1n) is 6.02. The van der Waals surface area contributed by atoms with E-state index < -0.39 is 0 Å². The second-order valence-corrected chi connectivity index (χ2v) is 4.14. The fourth-order valence-corrected chi connectivity index (χ4v) is 1.94. The molecule has 1 aromatic carbocycles. The van der Waals surface area contributed by atoms with Crippen LogP contribution in [0.1, 0.15) is 6.42 Å². The van der Waals surface area contributed by atoms with Crippen LogP contribution in [0.25, 0.3) is 6.08 Å². The molecule has 0 aromatic heterocycles. The smallest absolute Gasteiger partial charge is 0.212 e. The van der Waals surface area contributed by atoms with Gasteiger partial charge in [0.25, 0.3) is 0 Å². The minimum absolute atomic E-state index is 0.352. The predicted molar refractivity (Wildman–Crippen MR) is 74.7 cm³/mol. The number of allylic oxidation sites excluding steroid dienone is 2. The molecule has 0 saturated heterocycles. The van der Waals surface area contributed by atoms with Crippen LogP contribution in [0.2, 0.25) is 0 Å². The Morgan fingerprint density at radius 1 is 1.26 bits per heavy atom. The number of rotatable bonds is 0. The Hall–Kier alpha value is -2.64. The van der Waals surface area contributed by atoms with Crippen molar-refractivity contribution in [2.75, 3.05) is 0 Å². The molecule has 0 fully saturated rings. The van der Waals surface area contributed by atoms with Crippen molar-refractivity contribution in [2.24, 2.45) is 9.98 Å². The SMILES string of the molecule is C=C1N=c2cccc/c2=C/CC2=C(C=C=CC=N2)O1. The van der Waals surface area contributed by atoms with Crippen molar-refractivity contribution in [3.8, 4) is 0 Å². The lowest BCUT2D eigenvalue weighted by molar-refractivity contribution is 0.311. The van der Waals surface area contributed by atoms with Gasteiger partial charge in [0.2, 0.25) is 5.88 Å². The van der Waals surface area contributed by atoms with Crippen molar-refractivity contribution in [2.45, 2.75) is 6.42 Å². The summed E-state index contributed by atoms with van der Waals surface area (Å²) in [4.78, 5) is 8.75. The average Bonchev–Trinajstić information content (AvgIpc) is 2.59. The summed E-state index contributed by atoms with van der Waals surface area (Å²) in [5.41, 5.74) is 3.82. The number of aliphatic imine (C=N–C) groups is 1. The van der Waals surface area contributed by atoms with E-state index in [2.05, 4.69) is 28.4 Å². The highest BCUT2D eigenvalue weighted by molar-refractivity contribution is 5.73. The lowest BCUT2D eigenvalue weighted by atomic mass is 10.2. The fourth-order valence-electron chi connectivity index (χ4n) is 1.94. The molecule has 0 amide bonds. The average molecular weight is 248 g/mol. The summed E-state index contributed by atoms with van der Waals surface area (Å²) in [6, 6.07) is 7.89. The summed E-state index contributed by atoms with van der Waals surface area (Å²) < 4.78 is 5.66. The minimum Gasteiger partial charge on any atom is -0.437 e. The first-order chi connectivity index (χ1) is 9.33. The van der Waals surface area contributed by atoms with E-state index in [1.807, 2.05) is 24.3 Å². The van der Waals surface area contributed by atoms with Crippen LogP contribution in [0.15, 0.2) is 76.1 Å². The number of benzene rings is 1. The molecule has 0 unspecified atom stereocenters. The van der Waals surface area contributed by atoms with Gasteiger partial charge in [-0.3, -0.25) is 4.99 Å². The Kier molecular flexibility index (Phi) is 2.97. The molecule has 19 heavy (non-hydrogen) atoms.